The molecule has 8 heteroatoms. The van der Waals surface area contributed by atoms with Gasteiger partial charge < -0.3 is 4.90 Å². The van der Waals surface area contributed by atoms with Gasteiger partial charge in [-0.1, -0.05) is 41.7 Å². The van der Waals surface area contributed by atoms with Crippen molar-refractivity contribution in [3.63, 3.8) is 0 Å². The van der Waals surface area contributed by atoms with Crippen molar-refractivity contribution in [2.45, 2.75) is 13.5 Å². The number of amides is 1. The molecule has 0 saturated heterocycles. The maximum Gasteiger partial charge on any atom is 0.265 e. The van der Waals surface area contributed by atoms with Gasteiger partial charge in [0.15, 0.2) is 5.13 Å². The van der Waals surface area contributed by atoms with Gasteiger partial charge >= 0.3 is 0 Å². The molecule has 0 atom stereocenters. The third-order valence-corrected chi connectivity index (χ3v) is 5.86. The Kier molecular flexibility index (Phi) is 5.06. The van der Waals surface area contributed by atoms with Crippen molar-refractivity contribution in [3.8, 4) is 0 Å². The molecule has 124 valence electrons. The maximum absolute atomic E-state index is 12.6. The number of carbonyl (C=O) groups is 1. The zero-order valence-corrected chi connectivity index (χ0v) is 15.1. The van der Waals surface area contributed by atoms with Crippen LogP contribution in [-0.4, -0.2) is 44.6 Å². The van der Waals surface area contributed by atoms with Gasteiger partial charge in [-0.2, -0.15) is 0 Å². The van der Waals surface area contributed by atoms with E-state index in [1.807, 2.05) is 30.3 Å². The van der Waals surface area contributed by atoms with Crippen molar-refractivity contribution in [3.05, 3.63) is 46.5 Å². The molecule has 2 aromatic rings. The summed E-state index contributed by atoms with van der Waals surface area (Å²) in [6, 6.07) is 9.67. The minimum absolute atomic E-state index is 0.169. The first kappa shape index (κ1) is 17.4. The minimum atomic E-state index is -3.40. The van der Waals surface area contributed by atoms with Crippen LogP contribution in [0, 0.1) is 6.92 Å². The van der Waals surface area contributed by atoms with Gasteiger partial charge in [0.2, 0.25) is 10.0 Å². The number of carbonyl (C=O) groups excluding carboxylic acids is 1. The van der Waals surface area contributed by atoms with Gasteiger partial charge in [-0.15, -0.1) is 0 Å². The third-order valence-electron chi connectivity index (χ3n) is 3.36. The lowest BCUT2D eigenvalue weighted by molar-refractivity contribution is 0.0789. The average Bonchev–Trinajstić information content (AvgIpc) is 2.87. The third kappa shape index (κ3) is 4.08. The predicted octanol–water partition coefficient (Wildman–Crippen LogP) is 2.12. The van der Waals surface area contributed by atoms with Crippen LogP contribution in [0.4, 0.5) is 5.13 Å². The van der Waals surface area contributed by atoms with Crippen molar-refractivity contribution in [2.75, 3.05) is 24.7 Å². The molecule has 23 heavy (non-hydrogen) atoms. The highest BCUT2D eigenvalue weighted by molar-refractivity contribution is 7.92. The molecule has 1 heterocycles. The van der Waals surface area contributed by atoms with E-state index in [9.17, 15) is 13.2 Å². The Bertz CT molecular complexity index is 801. The lowest BCUT2D eigenvalue weighted by atomic mass is 10.2. The predicted molar refractivity (Wildman–Crippen MR) is 92.3 cm³/mol. The number of hydrogen-bond acceptors (Lipinski definition) is 5. The Balaban J connectivity index is 2.21. The Morgan fingerprint density at radius 2 is 1.83 bits per heavy atom. The Hall–Kier alpha value is -1.93. The van der Waals surface area contributed by atoms with Gasteiger partial charge in [0.25, 0.3) is 5.91 Å². The van der Waals surface area contributed by atoms with Crippen LogP contribution >= 0.6 is 11.3 Å². The summed E-state index contributed by atoms with van der Waals surface area (Å²) in [7, 11) is -0.255. The van der Waals surface area contributed by atoms with Crippen LogP contribution in [0.3, 0.4) is 0 Å². The highest BCUT2D eigenvalue weighted by atomic mass is 32.2. The van der Waals surface area contributed by atoms with E-state index in [1.54, 1.807) is 18.9 Å². The molecule has 2 rings (SSSR count). The summed E-state index contributed by atoms with van der Waals surface area (Å²) in [5.74, 6) is -0.169. The lowest BCUT2D eigenvalue weighted by Gasteiger charge is -2.16. The van der Waals surface area contributed by atoms with Gasteiger partial charge in [0.05, 0.1) is 11.9 Å². The van der Waals surface area contributed by atoms with E-state index in [1.165, 1.54) is 7.05 Å². The molecule has 6 nitrogen and oxygen atoms in total. The Morgan fingerprint density at radius 1 is 1.22 bits per heavy atom. The molecule has 0 fully saturated rings. The molecular weight excluding hydrogens is 334 g/mol. The molecule has 1 amide bonds. The molecule has 0 saturated carbocycles. The number of rotatable bonds is 5. The van der Waals surface area contributed by atoms with Crippen LogP contribution in [0.2, 0.25) is 0 Å². The van der Waals surface area contributed by atoms with Gasteiger partial charge in [-0.05, 0) is 12.5 Å². The van der Waals surface area contributed by atoms with E-state index in [4.69, 9.17) is 0 Å². The Morgan fingerprint density at radius 3 is 2.39 bits per heavy atom. The topological polar surface area (TPSA) is 70.6 Å². The number of benzene rings is 1. The molecule has 1 aromatic heterocycles. The second-order valence-electron chi connectivity index (χ2n) is 5.29. The fourth-order valence-corrected chi connectivity index (χ4v) is 3.73. The van der Waals surface area contributed by atoms with Gasteiger partial charge in [-0.3, -0.25) is 4.79 Å². The van der Waals surface area contributed by atoms with E-state index >= 15 is 0 Å². The van der Waals surface area contributed by atoms with Crippen LogP contribution in [0.5, 0.6) is 0 Å². The summed E-state index contributed by atoms with van der Waals surface area (Å²) in [6.07, 6.45) is 1.10. The van der Waals surface area contributed by atoms with Crippen molar-refractivity contribution < 1.29 is 13.2 Å². The molecule has 0 spiro atoms. The number of thiazole rings is 1. The molecule has 0 aliphatic carbocycles. The van der Waals surface area contributed by atoms with Gasteiger partial charge in [0.1, 0.15) is 4.88 Å². The minimum Gasteiger partial charge on any atom is -0.337 e. The van der Waals surface area contributed by atoms with Crippen molar-refractivity contribution in [1.82, 2.24) is 9.88 Å². The number of anilines is 1. The van der Waals surface area contributed by atoms with E-state index in [2.05, 4.69) is 4.98 Å². The van der Waals surface area contributed by atoms with Gasteiger partial charge in [0, 0.05) is 20.6 Å². The zero-order valence-electron chi connectivity index (χ0n) is 13.5. The van der Waals surface area contributed by atoms with E-state index in [0.29, 0.717) is 22.2 Å². The molecule has 0 bridgehead atoms. The highest BCUT2D eigenvalue weighted by Crippen LogP contribution is 2.27. The summed E-state index contributed by atoms with van der Waals surface area (Å²) in [4.78, 5) is 18.8. The molecule has 0 radical (unpaired) electrons. The molecular formula is C15H19N3O3S2. The second kappa shape index (κ2) is 6.67. The van der Waals surface area contributed by atoms with Gasteiger partial charge in [-0.25, -0.2) is 17.7 Å². The highest BCUT2D eigenvalue weighted by Gasteiger charge is 2.23. The van der Waals surface area contributed by atoms with Crippen LogP contribution in [0.1, 0.15) is 20.9 Å². The van der Waals surface area contributed by atoms with E-state index < -0.39 is 10.0 Å². The van der Waals surface area contributed by atoms with Crippen LogP contribution < -0.4 is 4.31 Å². The van der Waals surface area contributed by atoms with Crippen molar-refractivity contribution in [1.29, 1.82) is 0 Å². The van der Waals surface area contributed by atoms with Crippen LogP contribution in [0.15, 0.2) is 30.3 Å². The normalized spacial score (nSPS) is 11.3. The SMILES string of the molecule is Cc1nc(N(C)S(C)(=O)=O)sc1C(=O)N(C)Cc1ccccc1. The first-order valence-corrected chi connectivity index (χ1v) is 9.57. The van der Waals surface area contributed by atoms with E-state index in [0.717, 1.165) is 27.5 Å². The standard InChI is InChI=1S/C15H19N3O3S2/c1-11-13(22-15(16-11)18(3)23(4,20)21)14(19)17(2)10-12-8-6-5-7-9-12/h5-9H,10H2,1-4H3. The number of aromatic nitrogens is 1. The summed E-state index contributed by atoms with van der Waals surface area (Å²) in [5, 5.41) is 0.293. The van der Waals surface area contributed by atoms with Crippen LogP contribution in [-0.2, 0) is 16.6 Å². The molecule has 1 aromatic carbocycles. The second-order valence-corrected chi connectivity index (χ2v) is 8.28. The molecule has 0 aliphatic rings. The monoisotopic (exact) mass is 353 g/mol. The lowest BCUT2D eigenvalue weighted by Crippen LogP contribution is -2.26. The number of aryl methyl sites for hydroxylation is 1. The first-order chi connectivity index (χ1) is 10.7. The van der Waals surface area contributed by atoms with Crippen LogP contribution in [0.25, 0.3) is 0 Å². The summed E-state index contributed by atoms with van der Waals surface area (Å²) in [5.41, 5.74) is 1.56. The number of sulfonamides is 1. The largest absolute Gasteiger partial charge is 0.337 e. The average molecular weight is 353 g/mol. The molecule has 0 N–H and O–H groups in total. The summed E-state index contributed by atoms with van der Waals surface area (Å²) < 4.78 is 24.3. The summed E-state index contributed by atoms with van der Waals surface area (Å²) >= 11 is 1.09. The maximum atomic E-state index is 12.6. The fourth-order valence-electron chi connectivity index (χ4n) is 1.96. The molecule has 0 unspecified atom stereocenters. The first-order valence-electron chi connectivity index (χ1n) is 6.91. The van der Waals surface area contributed by atoms with E-state index in [-0.39, 0.29) is 5.91 Å². The fraction of sp³-hybridized carbons (Fsp3) is 0.333. The van der Waals surface area contributed by atoms with Crippen molar-refractivity contribution in [2.24, 2.45) is 0 Å². The Labute approximate surface area is 140 Å². The number of hydrogen-bond donors (Lipinski definition) is 0. The zero-order chi connectivity index (χ0) is 17.2. The number of nitrogens with zero attached hydrogens (tertiary/aromatic N) is 3. The summed E-state index contributed by atoms with van der Waals surface area (Å²) in [6.45, 7) is 2.19. The smallest absolute Gasteiger partial charge is 0.265 e. The molecule has 0 aliphatic heterocycles. The quantitative estimate of drug-likeness (QED) is 0.825. The van der Waals surface area contributed by atoms with Crippen molar-refractivity contribution >= 4 is 32.4 Å².